The highest BCUT2D eigenvalue weighted by Gasteiger charge is 2.63. The van der Waals surface area contributed by atoms with Crippen LogP contribution in [0.3, 0.4) is 0 Å². The van der Waals surface area contributed by atoms with Gasteiger partial charge in [0.1, 0.15) is 11.4 Å². The first-order chi connectivity index (χ1) is 15.9. The van der Waals surface area contributed by atoms with Gasteiger partial charge in [0.25, 0.3) is 0 Å². The smallest absolute Gasteiger partial charge is 0.316 e. The molecule has 5 heteroatoms. The van der Waals surface area contributed by atoms with Gasteiger partial charge in [-0.05, 0) is 36.5 Å². The Morgan fingerprint density at radius 2 is 1.18 bits per heavy atom. The molecule has 168 valence electrons. The summed E-state index contributed by atoms with van der Waals surface area (Å²) in [4.78, 5) is 4.65. The molecule has 0 N–H and O–H groups in total. The average Bonchev–Trinajstić information content (AvgIpc) is 3.53. The Hall–Kier alpha value is -3.34. The van der Waals surface area contributed by atoms with Crippen LogP contribution in [0.1, 0.15) is 41.1 Å². The maximum atomic E-state index is 13.7. The number of hydrogen-bond acceptors (Lipinski definition) is 1. The lowest BCUT2D eigenvalue weighted by atomic mass is 9.76. The summed E-state index contributed by atoms with van der Waals surface area (Å²) < 4.78 is 43.1. The zero-order valence-electron chi connectivity index (χ0n) is 18.4. The van der Waals surface area contributed by atoms with Gasteiger partial charge in [0, 0.05) is 12.6 Å². The molecule has 4 aromatic rings. The second-order valence-electron chi connectivity index (χ2n) is 8.91. The van der Waals surface area contributed by atoms with E-state index in [1.165, 1.54) is 0 Å². The van der Waals surface area contributed by atoms with E-state index in [1.807, 2.05) is 67.7 Å². The first-order valence-corrected chi connectivity index (χ1v) is 11.2. The fourth-order valence-electron chi connectivity index (χ4n) is 4.97. The van der Waals surface area contributed by atoms with Crippen molar-refractivity contribution >= 4 is 0 Å². The van der Waals surface area contributed by atoms with Crippen LogP contribution in [0.2, 0.25) is 0 Å². The number of alkyl halides is 3. The quantitative estimate of drug-likeness (QED) is 0.294. The minimum absolute atomic E-state index is 0.0845. The number of aromatic nitrogens is 2. The van der Waals surface area contributed by atoms with Crippen LogP contribution in [0, 0.1) is 12.3 Å². The Bertz CT molecular complexity index is 1130. The molecule has 0 amide bonds. The minimum atomic E-state index is -4.21. The van der Waals surface area contributed by atoms with Gasteiger partial charge in [-0.25, -0.2) is 4.98 Å². The fourth-order valence-corrected chi connectivity index (χ4v) is 4.97. The molecule has 0 bridgehead atoms. The van der Waals surface area contributed by atoms with Crippen molar-refractivity contribution < 1.29 is 13.2 Å². The molecule has 5 rings (SSSR count). The first-order valence-electron chi connectivity index (χ1n) is 11.2. The molecule has 33 heavy (non-hydrogen) atoms. The molecular formula is C28H25F3N2. The second kappa shape index (κ2) is 7.91. The van der Waals surface area contributed by atoms with Crippen molar-refractivity contribution in [1.82, 2.24) is 9.55 Å². The molecule has 3 aromatic carbocycles. The van der Waals surface area contributed by atoms with Crippen molar-refractivity contribution in [3.8, 4) is 0 Å². The standard InChI is InChI=1S/C28H25F3N2/c1-21-32-25(19-26(17-18-26)28(29,30)31)20-33(21)27(22-11-5-2-6-12-22,23-13-7-3-8-14-23)24-15-9-4-10-16-24/h2-16,20H,17-19H2,1H3. The van der Waals surface area contributed by atoms with Crippen LogP contribution in [-0.2, 0) is 12.0 Å². The van der Waals surface area contributed by atoms with Crippen LogP contribution in [0.5, 0.6) is 0 Å². The van der Waals surface area contributed by atoms with E-state index in [4.69, 9.17) is 0 Å². The van der Waals surface area contributed by atoms with E-state index in [9.17, 15) is 13.2 Å². The Balaban J connectivity index is 1.75. The van der Waals surface area contributed by atoms with E-state index in [0.717, 1.165) is 16.7 Å². The summed E-state index contributed by atoms with van der Waals surface area (Å²) in [7, 11) is 0. The molecule has 1 aliphatic rings. The first kappa shape index (κ1) is 21.5. The van der Waals surface area contributed by atoms with E-state index < -0.39 is 17.1 Å². The van der Waals surface area contributed by atoms with Gasteiger partial charge in [0.2, 0.25) is 0 Å². The topological polar surface area (TPSA) is 17.8 Å². The average molecular weight is 447 g/mol. The summed E-state index contributed by atoms with van der Waals surface area (Å²) in [5, 5.41) is 0. The summed E-state index contributed by atoms with van der Waals surface area (Å²) in [5.41, 5.74) is 1.14. The summed E-state index contributed by atoms with van der Waals surface area (Å²) in [5.74, 6) is 0.680. The van der Waals surface area contributed by atoms with E-state index in [2.05, 4.69) is 45.9 Å². The number of rotatable bonds is 6. The molecule has 0 spiro atoms. The Labute approximate surface area is 191 Å². The van der Waals surface area contributed by atoms with Gasteiger partial charge in [-0.1, -0.05) is 91.0 Å². The molecular weight excluding hydrogens is 421 g/mol. The maximum absolute atomic E-state index is 13.7. The van der Waals surface area contributed by atoms with Gasteiger partial charge >= 0.3 is 6.18 Å². The van der Waals surface area contributed by atoms with Gasteiger partial charge in [0.05, 0.1) is 11.1 Å². The van der Waals surface area contributed by atoms with Crippen LogP contribution >= 0.6 is 0 Å². The van der Waals surface area contributed by atoms with Gasteiger partial charge in [-0.2, -0.15) is 13.2 Å². The molecule has 1 fully saturated rings. The molecule has 0 atom stereocenters. The SMILES string of the molecule is Cc1nc(CC2(C(F)(F)F)CC2)cn1C(c1ccccc1)(c1ccccc1)c1ccccc1. The predicted molar refractivity (Wildman–Crippen MR) is 123 cm³/mol. The summed E-state index contributed by atoms with van der Waals surface area (Å²) in [6.07, 6.45) is -2.12. The highest BCUT2D eigenvalue weighted by atomic mass is 19.4. The number of nitrogens with zero attached hydrogens (tertiary/aromatic N) is 2. The highest BCUT2D eigenvalue weighted by molar-refractivity contribution is 5.51. The molecule has 1 saturated carbocycles. The number of benzene rings is 3. The Morgan fingerprint density at radius 3 is 1.55 bits per heavy atom. The number of imidazole rings is 1. The Kier molecular flexibility index (Phi) is 5.15. The van der Waals surface area contributed by atoms with E-state index in [0.29, 0.717) is 11.5 Å². The van der Waals surface area contributed by atoms with E-state index in [1.54, 1.807) is 0 Å². The zero-order chi connectivity index (χ0) is 23.1. The van der Waals surface area contributed by atoms with Crippen molar-refractivity contribution in [3.63, 3.8) is 0 Å². The molecule has 1 heterocycles. The van der Waals surface area contributed by atoms with Gasteiger partial charge < -0.3 is 4.57 Å². The molecule has 1 aliphatic carbocycles. The second-order valence-corrected chi connectivity index (χ2v) is 8.91. The van der Waals surface area contributed by atoms with Crippen LogP contribution < -0.4 is 0 Å². The lowest BCUT2D eigenvalue weighted by molar-refractivity contribution is -0.186. The van der Waals surface area contributed by atoms with Gasteiger partial charge in [0.15, 0.2) is 0 Å². The summed E-state index contributed by atoms with van der Waals surface area (Å²) >= 11 is 0. The maximum Gasteiger partial charge on any atom is 0.394 e. The largest absolute Gasteiger partial charge is 0.394 e. The van der Waals surface area contributed by atoms with Crippen LogP contribution in [0.4, 0.5) is 13.2 Å². The fraction of sp³-hybridized carbons (Fsp3) is 0.250. The zero-order valence-corrected chi connectivity index (χ0v) is 18.4. The molecule has 0 unspecified atom stereocenters. The van der Waals surface area contributed by atoms with Crippen molar-refractivity contribution in [3.05, 3.63) is 125 Å². The molecule has 0 saturated heterocycles. The lowest BCUT2D eigenvalue weighted by Gasteiger charge is -2.38. The summed E-state index contributed by atoms with van der Waals surface area (Å²) in [6, 6.07) is 30.3. The lowest BCUT2D eigenvalue weighted by Crippen LogP contribution is -2.38. The van der Waals surface area contributed by atoms with Crippen LogP contribution in [0.15, 0.2) is 97.2 Å². The van der Waals surface area contributed by atoms with Crippen molar-refractivity contribution in [2.45, 2.75) is 37.9 Å². The monoisotopic (exact) mass is 446 g/mol. The number of halogens is 3. The number of hydrogen-bond donors (Lipinski definition) is 0. The van der Waals surface area contributed by atoms with Gasteiger partial charge in [-0.3, -0.25) is 0 Å². The number of aryl methyl sites for hydroxylation is 1. The normalized spacial score (nSPS) is 15.4. The molecule has 0 radical (unpaired) electrons. The molecule has 1 aromatic heterocycles. The Morgan fingerprint density at radius 1 is 0.758 bits per heavy atom. The van der Waals surface area contributed by atoms with Crippen molar-refractivity contribution in [1.29, 1.82) is 0 Å². The van der Waals surface area contributed by atoms with E-state index >= 15 is 0 Å². The third-order valence-corrected chi connectivity index (χ3v) is 6.84. The van der Waals surface area contributed by atoms with Gasteiger partial charge in [-0.15, -0.1) is 0 Å². The molecule has 0 aliphatic heterocycles. The molecule has 2 nitrogen and oxygen atoms in total. The highest BCUT2D eigenvalue weighted by Crippen LogP contribution is 2.59. The van der Waals surface area contributed by atoms with Crippen molar-refractivity contribution in [2.75, 3.05) is 0 Å². The van der Waals surface area contributed by atoms with E-state index in [-0.39, 0.29) is 19.3 Å². The van der Waals surface area contributed by atoms with Crippen LogP contribution in [0.25, 0.3) is 0 Å². The van der Waals surface area contributed by atoms with Crippen molar-refractivity contribution in [2.24, 2.45) is 5.41 Å². The predicted octanol–water partition coefficient (Wildman–Crippen LogP) is 6.92. The minimum Gasteiger partial charge on any atom is -0.316 e. The third-order valence-electron chi connectivity index (χ3n) is 6.84. The summed E-state index contributed by atoms with van der Waals surface area (Å²) in [6.45, 7) is 1.88. The van der Waals surface area contributed by atoms with Crippen LogP contribution in [-0.4, -0.2) is 15.7 Å². The third kappa shape index (κ3) is 3.56.